The molecular formula is C25H26N4O2S. The van der Waals surface area contributed by atoms with Crippen molar-refractivity contribution in [1.82, 2.24) is 4.98 Å². The Balaban J connectivity index is 1.43. The van der Waals surface area contributed by atoms with Crippen LogP contribution < -0.4 is 15.5 Å². The molecule has 0 atom stereocenters. The van der Waals surface area contributed by atoms with E-state index in [-0.39, 0.29) is 11.9 Å². The maximum Gasteiger partial charge on any atom is 0.326 e. The zero-order chi connectivity index (χ0) is 22.7. The molecule has 6 nitrogen and oxygen atoms in total. The number of hydrogen-bond donors (Lipinski definition) is 2. The number of nitrogens with one attached hydrogen (secondary N) is 2. The maximum atomic E-state index is 13.0. The zero-order valence-corrected chi connectivity index (χ0v) is 19.3. The standard InChI is InChI=1S/C25H26N4O2S/c1-4-18-5-9-20(10-6-18)27-23(30)19-7-11-21(12-8-19)28-25(31)29-13-14-32-24-22(29)16(2)15-17(3)26-24/h5-12,15H,4,13-14H2,1-3H3,(H,27,30)(H,28,31). The Hall–Kier alpha value is -3.32. The Morgan fingerprint density at radius 2 is 1.66 bits per heavy atom. The zero-order valence-electron chi connectivity index (χ0n) is 18.4. The van der Waals surface area contributed by atoms with E-state index in [1.54, 1.807) is 40.9 Å². The molecule has 0 aliphatic carbocycles. The molecule has 0 bridgehead atoms. The van der Waals surface area contributed by atoms with Crippen molar-refractivity contribution >= 4 is 40.8 Å². The van der Waals surface area contributed by atoms with Crippen LogP contribution in [-0.2, 0) is 6.42 Å². The van der Waals surface area contributed by atoms with Gasteiger partial charge in [-0.3, -0.25) is 9.69 Å². The average molecular weight is 447 g/mol. The molecule has 164 valence electrons. The largest absolute Gasteiger partial charge is 0.326 e. The molecule has 0 fully saturated rings. The van der Waals surface area contributed by atoms with Crippen LogP contribution in [0.3, 0.4) is 0 Å². The molecule has 2 N–H and O–H groups in total. The summed E-state index contributed by atoms with van der Waals surface area (Å²) in [5, 5.41) is 6.73. The molecule has 2 aromatic carbocycles. The number of carbonyl (C=O) groups excluding carboxylic acids is 2. The number of hydrogen-bond acceptors (Lipinski definition) is 4. The third-order valence-corrected chi connectivity index (χ3v) is 6.31. The van der Waals surface area contributed by atoms with Crippen LogP contribution in [0, 0.1) is 13.8 Å². The highest BCUT2D eigenvalue weighted by Crippen LogP contribution is 2.36. The van der Waals surface area contributed by atoms with E-state index in [2.05, 4.69) is 22.5 Å². The summed E-state index contributed by atoms with van der Waals surface area (Å²) in [6.45, 7) is 6.68. The summed E-state index contributed by atoms with van der Waals surface area (Å²) in [6.07, 6.45) is 0.957. The molecule has 0 saturated carbocycles. The summed E-state index contributed by atoms with van der Waals surface area (Å²) < 4.78 is 0. The monoisotopic (exact) mass is 446 g/mol. The number of carbonyl (C=O) groups is 2. The van der Waals surface area contributed by atoms with Crippen LogP contribution in [0.2, 0.25) is 0 Å². The number of aryl methyl sites for hydroxylation is 3. The van der Waals surface area contributed by atoms with Gasteiger partial charge in [-0.05, 0) is 73.9 Å². The summed E-state index contributed by atoms with van der Waals surface area (Å²) in [5.41, 5.74) is 5.99. The minimum absolute atomic E-state index is 0.189. The normalized spacial score (nSPS) is 12.8. The summed E-state index contributed by atoms with van der Waals surface area (Å²) in [6, 6.07) is 16.5. The van der Waals surface area contributed by atoms with E-state index >= 15 is 0 Å². The first kappa shape index (κ1) is 21.9. The highest BCUT2D eigenvalue weighted by atomic mass is 32.2. The van der Waals surface area contributed by atoms with Crippen LogP contribution in [0.15, 0.2) is 59.6 Å². The van der Waals surface area contributed by atoms with Crippen LogP contribution in [0.4, 0.5) is 21.9 Å². The smallest absolute Gasteiger partial charge is 0.322 e. The predicted molar refractivity (Wildman–Crippen MR) is 131 cm³/mol. The molecule has 0 saturated heterocycles. The van der Waals surface area contributed by atoms with Gasteiger partial charge in [-0.2, -0.15) is 0 Å². The molecule has 2 heterocycles. The summed E-state index contributed by atoms with van der Waals surface area (Å²) in [7, 11) is 0. The Morgan fingerprint density at radius 3 is 2.34 bits per heavy atom. The maximum absolute atomic E-state index is 13.0. The van der Waals surface area contributed by atoms with Crippen molar-refractivity contribution in [2.24, 2.45) is 0 Å². The van der Waals surface area contributed by atoms with E-state index in [9.17, 15) is 9.59 Å². The highest BCUT2D eigenvalue weighted by molar-refractivity contribution is 7.99. The first-order valence-electron chi connectivity index (χ1n) is 10.6. The van der Waals surface area contributed by atoms with Gasteiger partial charge in [0.15, 0.2) is 0 Å². The Labute approximate surface area is 192 Å². The lowest BCUT2D eigenvalue weighted by Crippen LogP contribution is -2.39. The van der Waals surface area contributed by atoms with Gasteiger partial charge in [0.2, 0.25) is 0 Å². The molecule has 0 radical (unpaired) electrons. The fraction of sp³-hybridized carbons (Fsp3) is 0.240. The second-order valence-corrected chi connectivity index (χ2v) is 8.83. The first-order valence-corrected chi connectivity index (χ1v) is 11.6. The van der Waals surface area contributed by atoms with Crippen LogP contribution in [0.1, 0.15) is 34.1 Å². The van der Waals surface area contributed by atoms with Crippen LogP contribution in [0.5, 0.6) is 0 Å². The van der Waals surface area contributed by atoms with E-state index in [1.165, 1.54) is 5.56 Å². The number of fused-ring (bicyclic) bond motifs is 1. The van der Waals surface area contributed by atoms with Gasteiger partial charge in [-0.15, -0.1) is 11.8 Å². The van der Waals surface area contributed by atoms with Gasteiger partial charge in [-0.25, -0.2) is 9.78 Å². The second kappa shape index (κ2) is 9.44. The van der Waals surface area contributed by atoms with E-state index in [4.69, 9.17) is 0 Å². The highest BCUT2D eigenvalue weighted by Gasteiger charge is 2.26. The van der Waals surface area contributed by atoms with E-state index in [0.29, 0.717) is 17.8 Å². The molecule has 32 heavy (non-hydrogen) atoms. The van der Waals surface area contributed by atoms with Gasteiger partial charge in [0.1, 0.15) is 5.03 Å². The van der Waals surface area contributed by atoms with E-state index in [1.807, 2.05) is 44.2 Å². The average Bonchev–Trinajstić information content (AvgIpc) is 2.79. The fourth-order valence-electron chi connectivity index (χ4n) is 3.70. The third-order valence-electron chi connectivity index (χ3n) is 5.37. The quantitative estimate of drug-likeness (QED) is 0.542. The minimum Gasteiger partial charge on any atom is -0.322 e. The van der Waals surface area contributed by atoms with Crippen LogP contribution >= 0.6 is 11.8 Å². The van der Waals surface area contributed by atoms with Gasteiger partial charge >= 0.3 is 6.03 Å². The summed E-state index contributed by atoms with van der Waals surface area (Å²) in [5.74, 6) is 0.612. The Morgan fingerprint density at radius 1 is 1.00 bits per heavy atom. The molecule has 7 heteroatoms. The first-order chi connectivity index (χ1) is 15.4. The van der Waals surface area contributed by atoms with Crippen molar-refractivity contribution in [3.8, 4) is 0 Å². The van der Waals surface area contributed by atoms with Gasteiger partial charge in [0.05, 0.1) is 5.69 Å². The number of pyridine rings is 1. The lowest BCUT2D eigenvalue weighted by atomic mass is 10.1. The molecule has 1 aliphatic heterocycles. The van der Waals surface area contributed by atoms with Gasteiger partial charge in [-0.1, -0.05) is 19.1 Å². The van der Waals surface area contributed by atoms with Crippen molar-refractivity contribution in [3.63, 3.8) is 0 Å². The summed E-state index contributed by atoms with van der Waals surface area (Å²) >= 11 is 1.68. The number of benzene rings is 2. The van der Waals surface area contributed by atoms with E-state index in [0.717, 1.165) is 39.8 Å². The van der Waals surface area contributed by atoms with Crippen LogP contribution in [-0.4, -0.2) is 29.2 Å². The van der Waals surface area contributed by atoms with Crippen molar-refractivity contribution < 1.29 is 9.59 Å². The van der Waals surface area contributed by atoms with E-state index < -0.39 is 0 Å². The molecule has 1 aliphatic rings. The molecule has 4 rings (SSSR count). The molecule has 3 aromatic rings. The lowest BCUT2D eigenvalue weighted by Gasteiger charge is -2.30. The molecule has 1 aromatic heterocycles. The van der Waals surface area contributed by atoms with Crippen molar-refractivity contribution in [2.45, 2.75) is 32.2 Å². The number of urea groups is 1. The predicted octanol–water partition coefficient (Wildman–Crippen LogP) is 5.66. The van der Waals surface area contributed by atoms with Crippen LogP contribution in [0.25, 0.3) is 0 Å². The Bertz CT molecular complexity index is 1140. The number of thioether (sulfide) groups is 1. The molecule has 0 spiro atoms. The van der Waals surface area contributed by atoms with Gasteiger partial charge < -0.3 is 10.6 Å². The van der Waals surface area contributed by atoms with Gasteiger partial charge in [0.25, 0.3) is 5.91 Å². The summed E-state index contributed by atoms with van der Waals surface area (Å²) in [4.78, 5) is 31.8. The lowest BCUT2D eigenvalue weighted by molar-refractivity contribution is 0.102. The topological polar surface area (TPSA) is 74.3 Å². The fourth-order valence-corrected chi connectivity index (χ4v) is 4.78. The minimum atomic E-state index is -0.200. The number of rotatable bonds is 4. The number of anilines is 3. The molecular weight excluding hydrogens is 420 g/mol. The number of amides is 3. The second-order valence-electron chi connectivity index (χ2n) is 7.75. The molecule has 3 amide bonds. The van der Waals surface area contributed by atoms with Crippen molar-refractivity contribution in [2.75, 3.05) is 27.8 Å². The van der Waals surface area contributed by atoms with Crippen molar-refractivity contribution in [3.05, 3.63) is 77.0 Å². The number of aromatic nitrogens is 1. The number of nitrogens with zero attached hydrogens (tertiary/aromatic N) is 2. The van der Waals surface area contributed by atoms with Crippen molar-refractivity contribution in [1.29, 1.82) is 0 Å². The van der Waals surface area contributed by atoms with Gasteiger partial charge in [0, 0.05) is 34.9 Å². The SMILES string of the molecule is CCc1ccc(NC(=O)c2ccc(NC(=O)N3CCSc4nc(C)cc(C)c43)cc2)cc1. The molecule has 0 unspecified atom stereocenters. The Kier molecular flexibility index (Phi) is 6.46. The third kappa shape index (κ3) is 4.78.